The number of carbonyl (C=O) groups is 1. The van der Waals surface area contributed by atoms with E-state index in [1.54, 1.807) is 36.4 Å². The quantitative estimate of drug-likeness (QED) is 0.942. The molecule has 1 amide bonds. The zero-order chi connectivity index (χ0) is 15.5. The van der Waals surface area contributed by atoms with Crippen molar-refractivity contribution >= 4 is 23.2 Å². The van der Waals surface area contributed by atoms with Gasteiger partial charge in [0, 0.05) is 17.3 Å². The standard InChI is InChI=1S/C16H14ClNO4/c1-20-14-9-11(3-4-12(14)17)18-16(19)10-2-5-13-15(8-10)22-7-6-21-13/h2-5,8-9H,6-7H2,1H3,(H,18,19). The lowest BCUT2D eigenvalue weighted by Gasteiger charge is -2.18. The molecule has 114 valence electrons. The van der Waals surface area contributed by atoms with Crippen molar-refractivity contribution in [2.75, 3.05) is 25.6 Å². The van der Waals surface area contributed by atoms with Crippen LogP contribution < -0.4 is 19.5 Å². The van der Waals surface area contributed by atoms with Crippen LogP contribution in [0.2, 0.25) is 5.02 Å². The number of methoxy groups -OCH3 is 1. The van der Waals surface area contributed by atoms with Crippen LogP contribution in [-0.4, -0.2) is 26.2 Å². The van der Waals surface area contributed by atoms with Crippen LogP contribution in [0.3, 0.4) is 0 Å². The number of rotatable bonds is 3. The predicted molar refractivity (Wildman–Crippen MR) is 83.4 cm³/mol. The molecule has 3 rings (SSSR count). The van der Waals surface area contributed by atoms with Crippen molar-refractivity contribution in [1.82, 2.24) is 0 Å². The van der Waals surface area contributed by atoms with E-state index in [4.69, 9.17) is 25.8 Å². The molecule has 0 radical (unpaired) electrons. The second kappa shape index (κ2) is 6.15. The van der Waals surface area contributed by atoms with Gasteiger partial charge in [-0.05, 0) is 30.3 Å². The number of anilines is 1. The number of benzene rings is 2. The molecule has 0 saturated heterocycles. The summed E-state index contributed by atoms with van der Waals surface area (Å²) in [6, 6.07) is 10.1. The minimum absolute atomic E-state index is 0.249. The van der Waals surface area contributed by atoms with E-state index in [9.17, 15) is 4.79 Å². The predicted octanol–water partition coefficient (Wildman–Crippen LogP) is 3.37. The fourth-order valence-electron chi connectivity index (χ4n) is 2.13. The van der Waals surface area contributed by atoms with Gasteiger partial charge in [0.05, 0.1) is 12.1 Å². The fraction of sp³-hybridized carbons (Fsp3) is 0.188. The van der Waals surface area contributed by atoms with Gasteiger partial charge in [0.1, 0.15) is 19.0 Å². The number of amides is 1. The van der Waals surface area contributed by atoms with Gasteiger partial charge in [0.25, 0.3) is 5.91 Å². The average Bonchev–Trinajstić information content (AvgIpc) is 2.56. The van der Waals surface area contributed by atoms with E-state index < -0.39 is 0 Å². The summed E-state index contributed by atoms with van der Waals surface area (Å²) in [6.07, 6.45) is 0. The van der Waals surface area contributed by atoms with E-state index in [0.29, 0.717) is 46.7 Å². The van der Waals surface area contributed by atoms with Crippen molar-refractivity contribution < 1.29 is 19.0 Å². The largest absolute Gasteiger partial charge is 0.495 e. The van der Waals surface area contributed by atoms with Crippen LogP contribution in [0.4, 0.5) is 5.69 Å². The van der Waals surface area contributed by atoms with E-state index in [2.05, 4.69) is 5.32 Å². The number of ether oxygens (including phenoxy) is 3. The summed E-state index contributed by atoms with van der Waals surface area (Å²) in [7, 11) is 1.52. The van der Waals surface area contributed by atoms with E-state index in [1.165, 1.54) is 7.11 Å². The van der Waals surface area contributed by atoms with Gasteiger partial charge in [0.2, 0.25) is 0 Å². The average molecular weight is 320 g/mol. The summed E-state index contributed by atoms with van der Waals surface area (Å²) in [4.78, 5) is 12.3. The Kier molecular flexibility index (Phi) is 4.06. The maximum atomic E-state index is 12.3. The number of hydrogen-bond acceptors (Lipinski definition) is 4. The van der Waals surface area contributed by atoms with Crippen molar-refractivity contribution in [3.05, 3.63) is 47.0 Å². The number of halogens is 1. The summed E-state index contributed by atoms with van der Waals surface area (Å²) in [5.41, 5.74) is 1.08. The van der Waals surface area contributed by atoms with Crippen molar-refractivity contribution in [2.45, 2.75) is 0 Å². The molecule has 1 aliphatic rings. The Morgan fingerprint density at radius 1 is 1.14 bits per heavy atom. The van der Waals surface area contributed by atoms with Crippen LogP contribution in [0, 0.1) is 0 Å². The second-order valence-electron chi connectivity index (χ2n) is 4.66. The highest BCUT2D eigenvalue weighted by molar-refractivity contribution is 6.32. The molecule has 1 aliphatic heterocycles. The molecule has 0 atom stereocenters. The van der Waals surface area contributed by atoms with Crippen LogP contribution in [0.25, 0.3) is 0 Å². The molecule has 5 nitrogen and oxygen atoms in total. The molecule has 0 aliphatic carbocycles. The van der Waals surface area contributed by atoms with Crippen LogP contribution in [0.15, 0.2) is 36.4 Å². The van der Waals surface area contributed by atoms with Gasteiger partial charge in [0.15, 0.2) is 11.5 Å². The van der Waals surface area contributed by atoms with Gasteiger partial charge in [-0.1, -0.05) is 11.6 Å². The lowest BCUT2D eigenvalue weighted by atomic mass is 10.1. The van der Waals surface area contributed by atoms with Crippen LogP contribution in [-0.2, 0) is 0 Å². The van der Waals surface area contributed by atoms with Gasteiger partial charge >= 0.3 is 0 Å². The van der Waals surface area contributed by atoms with Gasteiger partial charge in [-0.3, -0.25) is 4.79 Å². The Morgan fingerprint density at radius 2 is 1.91 bits per heavy atom. The summed E-state index contributed by atoms with van der Waals surface area (Å²) in [6.45, 7) is 0.996. The molecule has 0 fully saturated rings. The Bertz CT molecular complexity index is 717. The summed E-state index contributed by atoms with van der Waals surface area (Å²) in [5, 5.41) is 3.28. The first-order valence-electron chi connectivity index (χ1n) is 6.72. The van der Waals surface area contributed by atoms with Crippen molar-refractivity contribution in [2.24, 2.45) is 0 Å². The first kappa shape index (κ1) is 14.5. The molecular formula is C16H14ClNO4. The Morgan fingerprint density at radius 3 is 2.68 bits per heavy atom. The third-order valence-corrected chi connectivity index (χ3v) is 3.53. The minimum atomic E-state index is -0.249. The molecule has 2 aromatic carbocycles. The maximum Gasteiger partial charge on any atom is 0.255 e. The molecule has 0 spiro atoms. The van der Waals surface area contributed by atoms with Gasteiger partial charge in [-0.25, -0.2) is 0 Å². The zero-order valence-electron chi connectivity index (χ0n) is 11.9. The zero-order valence-corrected chi connectivity index (χ0v) is 12.6. The summed E-state index contributed by atoms with van der Waals surface area (Å²) in [5.74, 6) is 1.48. The summed E-state index contributed by atoms with van der Waals surface area (Å²) >= 11 is 5.96. The molecule has 22 heavy (non-hydrogen) atoms. The van der Waals surface area contributed by atoms with Crippen LogP contribution in [0.5, 0.6) is 17.2 Å². The lowest BCUT2D eigenvalue weighted by Crippen LogP contribution is -2.17. The highest BCUT2D eigenvalue weighted by Crippen LogP contribution is 2.31. The van der Waals surface area contributed by atoms with E-state index in [1.807, 2.05) is 0 Å². The first-order valence-corrected chi connectivity index (χ1v) is 7.10. The van der Waals surface area contributed by atoms with E-state index in [-0.39, 0.29) is 5.91 Å². The number of hydrogen-bond donors (Lipinski definition) is 1. The Hall–Kier alpha value is -2.40. The van der Waals surface area contributed by atoms with E-state index >= 15 is 0 Å². The molecule has 0 aromatic heterocycles. The minimum Gasteiger partial charge on any atom is -0.495 e. The molecular weight excluding hydrogens is 306 g/mol. The SMILES string of the molecule is COc1cc(NC(=O)c2ccc3c(c2)OCCO3)ccc1Cl. The highest BCUT2D eigenvalue weighted by atomic mass is 35.5. The van der Waals surface area contributed by atoms with Gasteiger partial charge in [-0.2, -0.15) is 0 Å². The molecule has 0 unspecified atom stereocenters. The van der Waals surface area contributed by atoms with E-state index in [0.717, 1.165) is 0 Å². The molecule has 1 N–H and O–H groups in total. The molecule has 2 aromatic rings. The van der Waals surface area contributed by atoms with Gasteiger partial charge < -0.3 is 19.5 Å². The topological polar surface area (TPSA) is 56.8 Å². The number of nitrogens with one attached hydrogen (secondary N) is 1. The van der Waals surface area contributed by atoms with Crippen molar-refractivity contribution in [3.8, 4) is 17.2 Å². The smallest absolute Gasteiger partial charge is 0.255 e. The first-order chi connectivity index (χ1) is 10.7. The molecule has 0 bridgehead atoms. The summed E-state index contributed by atoms with van der Waals surface area (Å²) < 4.78 is 16.0. The lowest BCUT2D eigenvalue weighted by molar-refractivity contribution is 0.102. The fourth-order valence-corrected chi connectivity index (χ4v) is 2.32. The normalized spacial score (nSPS) is 12.6. The molecule has 0 saturated carbocycles. The second-order valence-corrected chi connectivity index (χ2v) is 5.07. The van der Waals surface area contributed by atoms with Crippen molar-refractivity contribution in [1.29, 1.82) is 0 Å². The third kappa shape index (κ3) is 2.94. The number of carbonyl (C=O) groups excluding carboxylic acids is 1. The Balaban J connectivity index is 1.79. The van der Waals surface area contributed by atoms with Crippen LogP contribution >= 0.6 is 11.6 Å². The molecule has 1 heterocycles. The highest BCUT2D eigenvalue weighted by Gasteiger charge is 2.15. The number of fused-ring (bicyclic) bond motifs is 1. The molecule has 6 heteroatoms. The van der Waals surface area contributed by atoms with Crippen LogP contribution in [0.1, 0.15) is 10.4 Å². The Labute approximate surface area is 132 Å². The third-order valence-electron chi connectivity index (χ3n) is 3.21. The maximum absolute atomic E-state index is 12.3. The van der Waals surface area contributed by atoms with Crippen molar-refractivity contribution in [3.63, 3.8) is 0 Å². The van der Waals surface area contributed by atoms with Gasteiger partial charge in [-0.15, -0.1) is 0 Å². The monoisotopic (exact) mass is 319 g/mol.